The molecular formula is C14H18N2O. The van der Waals surface area contributed by atoms with Crippen LogP contribution in [0.4, 0.5) is 5.82 Å². The van der Waals surface area contributed by atoms with E-state index in [0.29, 0.717) is 6.61 Å². The van der Waals surface area contributed by atoms with Gasteiger partial charge in [-0.2, -0.15) is 0 Å². The van der Waals surface area contributed by atoms with E-state index >= 15 is 0 Å². The summed E-state index contributed by atoms with van der Waals surface area (Å²) in [4.78, 5) is 4.29. The molecular weight excluding hydrogens is 212 g/mol. The number of hydrogen-bond donors (Lipinski definition) is 1. The fourth-order valence-electron chi connectivity index (χ4n) is 1.85. The smallest absolute Gasteiger partial charge is 0.126 e. The summed E-state index contributed by atoms with van der Waals surface area (Å²) < 4.78 is 5.00. The minimum absolute atomic E-state index is 0.692. The van der Waals surface area contributed by atoms with Gasteiger partial charge in [0.1, 0.15) is 5.82 Å². The fraction of sp³-hybridized carbons (Fsp3) is 0.357. The Morgan fingerprint density at radius 3 is 3.18 bits per heavy atom. The number of anilines is 1. The van der Waals surface area contributed by atoms with Crippen molar-refractivity contribution in [3.8, 4) is 0 Å². The minimum Gasteiger partial charge on any atom is -0.383 e. The summed E-state index contributed by atoms with van der Waals surface area (Å²) in [6, 6.07) is 4.16. The second-order valence-electron chi connectivity index (χ2n) is 4.01. The average Bonchev–Trinajstić information content (AvgIpc) is 2.41. The van der Waals surface area contributed by atoms with Gasteiger partial charge in [0.25, 0.3) is 0 Å². The molecule has 0 amide bonds. The van der Waals surface area contributed by atoms with Gasteiger partial charge in [-0.3, -0.25) is 0 Å². The maximum atomic E-state index is 5.00. The fourth-order valence-corrected chi connectivity index (χ4v) is 1.85. The van der Waals surface area contributed by atoms with Crippen molar-refractivity contribution in [2.75, 3.05) is 25.6 Å². The molecule has 0 saturated carbocycles. The summed E-state index contributed by atoms with van der Waals surface area (Å²) in [7, 11) is 1.70. The zero-order valence-corrected chi connectivity index (χ0v) is 10.1. The van der Waals surface area contributed by atoms with E-state index in [2.05, 4.69) is 40.7 Å². The summed E-state index contributed by atoms with van der Waals surface area (Å²) in [5.74, 6) is 0.912. The van der Waals surface area contributed by atoms with E-state index in [4.69, 9.17) is 4.74 Å². The summed E-state index contributed by atoms with van der Waals surface area (Å²) in [5.41, 5.74) is 2.63. The van der Waals surface area contributed by atoms with Gasteiger partial charge >= 0.3 is 0 Å². The topological polar surface area (TPSA) is 34.1 Å². The lowest BCUT2D eigenvalue weighted by molar-refractivity contribution is 0.210. The van der Waals surface area contributed by atoms with Gasteiger partial charge in [0.15, 0.2) is 0 Å². The number of nitrogens with one attached hydrogen (secondary N) is 1. The van der Waals surface area contributed by atoms with Crippen LogP contribution in [-0.2, 0) is 4.74 Å². The molecule has 0 saturated heterocycles. The molecule has 1 aromatic rings. The molecule has 0 aliphatic heterocycles. The van der Waals surface area contributed by atoms with E-state index in [0.717, 1.165) is 25.2 Å². The number of hydrogen-bond acceptors (Lipinski definition) is 3. The predicted molar refractivity (Wildman–Crippen MR) is 71.0 cm³/mol. The Balaban J connectivity index is 2.05. The van der Waals surface area contributed by atoms with Gasteiger partial charge in [-0.15, -0.1) is 0 Å². The number of aromatic nitrogens is 1. The maximum absolute atomic E-state index is 5.00. The summed E-state index contributed by atoms with van der Waals surface area (Å²) in [5, 5.41) is 3.24. The molecule has 3 heteroatoms. The van der Waals surface area contributed by atoms with Crippen molar-refractivity contribution in [3.63, 3.8) is 0 Å². The van der Waals surface area contributed by atoms with Crippen LogP contribution in [0.3, 0.4) is 0 Å². The number of ether oxygens (including phenoxy) is 1. The van der Waals surface area contributed by atoms with Gasteiger partial charge in [0, 0.05) is 19.9 Å². The molecule has 0 spiro atoms. The lowest BCUT2D eigenvalue weighted by atomic mass is 9.98. The summed E-state index contributed by atoms with van der Waals surface area (Å²) >= 11 is 0. The molecule has 1 aromatic heterocycles. The largest absolute Gasteiger partial charge is 0.383 e. The zero-order chi connectivity index (χ0) is 11.9. The molecule has 2 rings (SSSR count). The molecule has 0 atom stereocenters. The van der Waals surface area contributed by atoms with E-state index in [1.165, 1.54) is 11.1 Å². The number of allylic oxidation sites excluding steroid dienone is 4. The van der Waals surface area contributed by atoms with E-state index < -0.39 is 0 Å². The van der Waals surface area contributed by atoms with Crippen LogP contribution in [0.15, 0.2) is 36.6 Å². The van der Waals surface area contributed by atoms with E-state index in [1.54, 1.807) is 7.11 Å². The van der Waals surface area contributed by atoms with Gasteiger partial charge in [-0.05, 0) is 36.1 Å². The van der Waals surface area contributed by atoms with Crippen molar-refractivity contribution in [2.24, 2.45) is 0 Å². The van der Waals surface area contributed by atoms with E-state index in [-0.39, 0.29) is 0 Å². The van der Waals surface area contributed by atoms with Crippen molar-refractivity contribution in [1.82, 2.24) is 4.98 Å². The highest BCUT2D eigenvalue weighted by atomic mass is 16.5. The minimum atomic E-state index is 0.692. The summed E-state index contributed by atoms with van der Waals surface area (Å²) in [6.45, 7) is 1.48. The molecule has 1 aliphatic rings. The number of pyridine rings is 1. The molecule has 1 heterocycles. The first kappa shape index (κ1) is 11.9. The third kappa shape index (κ3) is 3.43. The molecule has 0 radical (unpaired) electrons. The monoisotopic (exact) mass is 230 g/mol. The van der Waals surface area contributed by atoms with Crippen LogP contribution < -0.4 is 5.32 Å². The van der Waals surface area contributed by atoms with Crippen molar-refractivity contribution in [3.05, 3.63) is 42.1 Å². The third-order valence-corrected chi connectivity index (χ3v) is 2.76. The van der Waals surface area contributed by atoms with Gasteiger partial charge in [-0.25, -0.2) is 4.98 Å². The highest BCUT2D eigenvalue weighted by Crippen LogP contribution is 2.24. The second-order valence-corrected chi connectivity index (χ2v) is 4.01. The lowest BCUT2D eigenvalue weighted by Crippen LogP contribution is -2.08. The zero-order valence-electron chi connectivity index (χ0n) is 10.1. The highest BCUT2D eigenvalue weighted by molar-refractivity contribution is 5.69. The first-order chi connectivity index (χ1) is 8.40. The third-order valence-electron chi connectivity index (χ3n) is 2.76. The average molecular weight is 230 g/mol. The van der Waals surface area contributed by atoms with Crippen molar-refractivity contribution < 1.29 is 4.74 Å². The molecule has 0 unspecified atom stereocenters. The van der Waals surface area contributed by atoms with Crippen LogP contribution in [-0.4, -0.2) is 25.2 Å². The van der Waals surface area contributed by atoms with Crippen LogP contribution in [0.5, 0.6) is 0 Å². The van der Waals surface area contributed by atoms with Crippen LogP contribution in [0.2, 0.25) is 0 Å². The first-order valence-electron chi connectivity index (χ1n) is 5.95. The Morgan fingerprint density at radius 2 is 2.41 bits per heavy atom. The number of rotatable bonds is 5. The Hall–Kier alpha value is -1.61. The van der Waals surface area contributed by atoms with Crippen molar-refractivity contribution in [2.45, 2.75) is 12.8 Å². The molecule has 3 nitrogen and oxygen atoms in total. The lowest BCUT2D eigenvalue weighted by Gasteiger charge is -2.11. The van der Waals surface area contributed by atoms with E-state index in [9.17, 15) is 0 Å². The molecule has 90 valence electrons. The molecule has 1 aliphatic carbocycles. The van der Waals surface area contributed by atoms with Crippen molar-refractivity contribution in [1.29, 1.82) is 0 Å². The van der Waals surface area contributed by atoms with Crippen LogP contribution >= 0.6 is 0 Å². The number of nitrogens with zero attached hydrogens (tertiary/aromatic N) is 1. The Kier molecular flexibility index (Phi) is 4.33. The first-order valence-corrected chi connectivity index (χ1v) is 5.95. The molecule has 0 bridgehead atoms. The normalized spacial score (nSPS) is 14.5. The Labute approximate surface area is 102 Å². The van der Waals surface area contributed by atoms with E-state index in [1.807, 2.05) is 6.20 Å². The Morgan fingerprint density at radius 1 is 1.47 bits per heavy atom. The molecule has 0 fully saturated rings. The van der Waals surface area contributed by atoms with Crippen LogP contribution in [0.1, 0.15) is 18.4 Å². The molecule has 1 N–H and O–H groups in total. The SMILES string of the molecule is COCCNc1cc(C2=CC=CCC2)ccn1. The maximum Gasteiger partial charge on any atom is 0.126 e. The quantitative estimate of drug-likeness (QED) is 0.790. The molecule has 17 heavy (non-hydrogen) atoms. The van der Waals surface area contributed by atoms with Crippen LogP contribution in [0, 0.1) is 0 Å². The molecule has 0 aromatic carbocycles. The van der Waals surface area contributed by atoms with Gasteiger partial charge in [-0.1, -0.05) is 18.2 Å². The van der Waals surface area contributed by atoms with Crippen LogP contribution in [0.25, 0.3) is 5.57 Å². The predicted octanol–water partition coefficient (Wildman–Crippen LogP) is 2.87. The van der Waals surface area contributed by atoms with Gasteiger partial charge in [0.2, 0.25) is 0 Å². The summed E-state index contributed by atoms with van der Waals surface area (Å²) in [6.07, 6.45) is 10.6. The standard InChI is InChI=1S/C14H18N2O/c1-17-10-9-16-14-11-13(7-8-15-14)12-5-3-2-4-6-12/h2-3,5,7-8,11H,4,6,9-10H2,1H3,(H,15,16). The Bertz CT molecular complexity index is 424. The second kappa shape index (κ2) is 6.21. The van der Waals surface area contributed by atoms with Gasteiger partial charge in [0.05, 0.1) is 6.61 Å². The number of methoxy groups -OCH3 is 1. The van der Waals surface area contributed by atoms with Crippen molar-refractivity contribution >= 4 is 11.4 Å². The highest BCUT2D eigenvalue weighted by Gasteiger charge is 2.04. The van der Waals surface area contributed by atoms with Gasteiger partial charge < -0.3 is 10.1 Å².